The fourth-order valence-electron chi connectivity index (χ4n) is 2.64. The van der Waals surface area contributed by atoms with E-state index in [0.717, 1.165) is 11.3 Å². The van der Waals surface area contributed by atoms with Crippen molar-refractivity contribution in [3.63, 3.8) is 0 Å². The van der Waals surface area contributed by atoms with Gasteiger partial charge in [0.15, 0.2) is 12.2 Å². The van der Waals surface area contributed by atoms with Crippen LogP contribution in [0.2, 0.25) is 0 Å². The number of fused-ring (bicyclic) bond motifs is 1. The minimum absolute atomic E-state index is 0.106. The summed E-state index contributed by atoms with van der Waals surface area (Å²) in [6, 6.07) is 16.0. The summed E-state index contributed by atoms with van der Waals surface area (Å²) in [7, 11) is 1.59. The van der Waals surface area contributed by atoms with E-state index in [-0.39, 0.29) is 12.5 Å². The molecule has 7 heteroatoms. The zero-order chi connectivity index (χ0) is 19.3. The van der Waals surface area contributed by atoms with E-state index in [9.17, 15) is 4.79 Å². The van der Waals surface area contributed by atoms with E-state index in [2.05, 4.69) is 15.3 Å². The summed E-state index contributed by atoms with van der Waals surface area (Å²) in [5, 5.41) is 2.80. The Kier molecular flexibility index (Phi) is 4.88. The summed E-state index contributed by atoms with van der Waals surface area (Å²) >= 11 is 0. The van der Waals surface area contributed by atoms with Gasteiger partial charge in [-0.05, 0) is 54.6 Å². The minimum Gasteiger partial charge on any atom is -0.497 e. The second-order valence-corrected chi connectivity index (χ2v) is 5.95. The Morgan fingerprint density at radius 1 is 1.04 bits per heavy atom. The van der Waals surface area contributed by atoms with E-state index in [1.165, 1.54) is 0 Å². The van der Waals surface area contributed by atoms with Crippen molar-refractivity contribution >= 4 is 22.7 Å². The third-order valence-corrected chi connectivity index (χ3v) is 4.03. The molecule has 1 N–H and O–H groups in total. The third-order valence-electron chi connectivity index (χ3n) is 4.03. The summed E-state index contributed by atoms with van der Waals surface area (Å²) in [5.41, 5.74) is 2.75. The predicted molar refractivity (Wildman–Crippen MR) is 104 cm³/mol. The van der Waals surface area contributed by atoms with Crippen LogP contribution in [0.4, 0.5) is 5.69 Å². The van der Waals surface area contributed by atoms with Gasteiger partial charge in [-0.2, -0.15) is 0 Å². The summed E-state index contributed by atoms with van der Waals surface area (Å²) in [6.07, 6.45) is 3.36. The molecule has 0 aliphatic heterocycles. The first-order valence-corrected chi connectivity index (χ1v) is 8.59. The molecule has 0 bridgehead atoms. The molecule has 0 saturated carbocycles. The van der Waals surface area contributed by atoms with Gasteiger partial charge in [-0.15, -0.1) is 0 Å². The lowest BCUT2D eigenvalue weighted by Crippen LogP contribution is -2.20. The molecule has 4 aromatic rings. The van der Waals surface area contributed by atoms with Gasteiger partial charge >= 0.3 is 0 Å². The smallest absolute Gasteiger partial charge is 0.262 e. The largest absolute Gasteiger partial charge is 0.497 e. The van der Waals surface area contributed by atoms with Gasteiger partial charge in [-0.25, -0.2) is 4.98 Å². The van der Waals surface area contributed by atoms with Crippen molar-refractivity contribution in [2.75, 3.05) is 19.0 Å². The highest BCUT2D eigenvalue weighted by atomic mass is 16.5. The molecule has 0 atom stereocenters. The number of hydrogen-bond acceptors (Lipinski definition) is 6. The molecule has 0 fully saturated rings. The average Bonchev–Trinajstić information content (AvgIpc) is 3.17. The van der Waals surface area contributed by atoms with Gasteiger partial charge in [0.05, 0.1) is 7.11 Å². The maximum absolute atomic E-state index is 12.2. The van der Waals surface area contributed by atoms with Gasteiger partial charge in [0.25, 0.3) is 5.91 Å². The molecule has 0 unspecified atom stereocenters. The second-order valence-electron chi connectivity index (χ2n) is 5.95. The molecule has 0 aliphatic rings. The highest BCUT2D eigenvalue weighted by molar-refractivity contribution is 5.94. The van der Waals surface area contributed by atoms with Crippen molar-refractivity contribution in [2.24, 2.45) is 0 Å². The number of carbonyl (C=O) groups is 1. The Morgan fingerprint density at radius 3 is 2.54 bits per heavy atom. The van der Waals surface area contributed by atoms with Crippen LogP contribution in [0.15, 0.2) is 71.4 Å². The fraction of sp³-hybridized carbons (Fsp3) is 0.0952. The zero-order valence-electron chi connectivity index (χ0n) is 15.1. The van der Waals surface area contributed by atoms with Crippen LogP contribution in [0.5, 0.6) is 11.5 Å². The van der Waals surface area contributed by atoms with Gasteiger partial charge in [0, 0.05) is 23.6 Å². The Hall–Kier alpha value is -3.87. The van der Waals surface area contributed by atoms with Crippen LogP contribution >= 0.6 is 0 Å². The number of methoxy groups -OCH3 is 1. The van der Waals surface area contributed by atoms with Crippen molar-refractivity contribution in [3.8, 4) is 23.0 Å². The maximum atomic E-state index is 12.2. The highest BCUT2D eigenvalue weighted by Gasteiger charge is 2.10. The standard InChI is InChI=1S/C21H17N3O4/c1-26-16-3-5-17(6-4-16)27-13-20(25)23-15-2-7-19-18(12-15)24-21(28-19)14-8-10-22-11-9-14/h2-12H,13H2,1H3,(H,23,25). The number of ether oxygens (including phenoxy) is 2. The number of carbonyl (C=O) groups excluding carboxylic acids is 1. The topological polar surface area (TPSA) is 86.5 Å². The molecule has 4 rings (SSSR count). The quantitative estimate of drug-likeness (QED) is 0.550. The van der Waals surface area contributed by atoms with Crippen LogP contribution in [-0.2, 0) is 4.79 Å². The second kappa shape index (κ2) is 7.79. The lowest BCUT2D eigenvalue weighted by atomic mass is 10.2. The van der Waals surface area contributed by atoms with Crippen LogP contribution < -0.4 is 14.8 Å². The van der Waals surface area contributed by atoms with Gasteiger partial charge < -0.3 is 19.2 Å². The number of pyridine rings is 1. The SMILES string of the molecule is COc1ccc(OCC(=O)Nc2ccc3oc(-c4ccncc4)nc3c2)cc1. The van der Waals surface area contributed by atoms with Gasteiger partial charge in [-0.1, -0.05) is 0 Å². The lowest BCUT2D eigenvalue weighted by Gasteiger charge is -2.08. The lowest BCUT2D eigenvalue weighted by molar-refractivity contribution is -0.118. The van der Waals surface area contributed by atoms with Gasteiger partial charge in [-0.3, -0.25) is 9.78 Å². The van der Waals surface area contributed by atoms with E-state index in [1.54, 1.807) is 62.0 Å². The molecular weight excluding hydrogens is 358 g/mol. The van der Waals surface area contributed by atoms with Crippen LogP contribution in [0.3, 0.4) is 0 Å². The molecular formula is C21H17N3O4. The zero-order valence-corrected chi connectivity index (χ0v) is 15.1. The first-order valence-electron chi connectivity index (χ1n) is 8.59. The predicted octanol–water partition coefficient (Wildman–Crippen LogP) is 3.92. The number of hydrogen-bond donors (Lipinski definition) is 1. The molecule has 0 saturated heterocycles. The number of benzene rings is 2. The number of nitrogens with zero attached hydrogens (tertiary/aromatic N) is 2. The number of nitrogens with one attached hydrogen (secondary N) is 1. The molecule has 140 valence electrons. The van der Waals surface area contributed by atoms with E-state index in [1.807, 2.05) is 12.1 Å². The summed E-state index contributed by atoms with van der Waals surface area (Å²) < 4.78 is 16.3. The Morgan fingerprint density at radius 2 is 1.79 bits per heavy atom. The molecule has 28 heavy (non-hydrogen) atoms. The molecule has 2 aromatic heterocycles. The number of rotatable bonds is 6. The summed E-state index contributed by atoms with van der Waals surface area (Å²) in [4.78, 5) is 20.6. The normalized spacial score (nSPS) is 10.6. The Labute approximate surface area is 160 Å². The van der Waals surface area contributed by atoms with E-state index >= 15 is 0 Å². The summed E-state index contributed by atoms with van der Waals surface area (Å²) in [5.74, 6) is 1.55. The van der Waals surface area contributed by atoms with Crippen LogP contribution in [0.1, 0.15) is 0 Å². The molecule has 0 radical (unpaired) electrons. The maximum Gasteiger partial charge on any atom is 0.262 e. The van der Waals surface area contributed by atoms with Crippen molar-refractivity contribution in [1.29, 1.82) is 0 Å². The number of aromatic nitrogens is 2. The average molecular weight is 375 g/mol. The molecule has 1 amide bonds. The number of amides is 1. The number of oxazole rings is 1. The van der Waals surface area contributed by atoms with E-state index < -0.39 is 0 Å². The van der Waals surface area contributed by atoms with Crippen molar-refractivity contribution in [2.45, 2.75) is 0 Å². The third kappa shape index (κ3) is 3.93. The molecule has 7 nitrogen and oxygen atoms in total. The van der Waals surface area contributed by atoms with Crippen molar-refractivity contribution in [1.82, 2.24) is 9.97 Å². The fourth-order valence-corrected chi connectivity index (χ4v) is 2.64. The Bertz CT molecular complexity index is 1090. The highest BCUT2D eigenvalue weighted by Crippen LogP contribution is 2.26. The van der Waals surface area contributed by atoms with Crippen LogP contribution in [-0.4, -0.2) is 29.6 Å². The monoisotopic (exact) mass is 375 g/mol. The van der Waals surface area contributed by atoms with E-state index in [4.69, 9.17) is 13.9 Å². The minimum atomic E-state index is -0.270. The Balaban J connectivity index is 1.41. The van der Waals surface area contributed by atoms with Crippen molar-refractivity contribution < 1.29 is 18.7 Å². The summed E-state index contributed by atoms with van der Waals surface area (Å²) in [6.45, 7) is -0.106. The van der Waals surface area contributed by atoms with Crippen LogP contribution in [0.25, 0.3) is 22.6 Å². The van der Waals surface area contributed by atoms with Gasteiger partial charge in [0.1, 0.15) is 17.0 Å². The molecule has 2 heterocycles. The molecule has 0 spiro atoms. The van der Waals surface area contributed by atoms with Gasteiger partial charge in [0.2, 0.25) is 5.89 Å². The molecule has 2 aromatic carbocycles. The van der Waals surface area contributed by atoms with Crippen LogP contribution in [0, 0.1) is 0 Å². The first-order chi connectivity index (χ1) is 13.7. The van der Waals surface area contributed by atoms with E-state index in [0.29, 0.717) is 28.4 Å². The number of anilines is 1. The first kappa shape index (κ1) is 17.5. The molecule has 0 aliphatic carbocycles. The van der Waals surface area contributed by atoms with Crippen molar-refractivity contribution in [3.05, 3.63) is 67.0 Å².